The maximum absolute atomic E-state index is 3.71. The van der Waals surface area contributed by atoms with Gasteiger partial charge in [0.25, 0.3) is 0 Å². The minimum Gasteiger partial charge on any atom is -0.312 e. The largest absolute Gasteiger partial charge is 0.312 e. The van der Waals surface area contributed by atoms with Crippen LogP contribution in [0.15, 0.2) is 29.6 Å². The van der Waals surface area contributed by atoms with Crippen LogP contribution in [-0.2, 0) is 6.54 Å². The van der Waals surface area contributed by atoms with Crippen molar-refractivity contribution >= 4 is 21.4 Å². The minimum atomic E-state index is 0.745. The zero-order valence-corrected chi connectivity index (χ0v) is 12.7. The monoisotopic (exact) mass is 286 g/mol. The summed E-state index contributed by atoms with van der Waals surface area (Å²) in [5.41, 5.74) is 1.52. The van der Waals surface area contributed by atoms with Crippen LogP contribution in [-0.4, -0.2) is 30.1 Å². The molecule has 2 aliphatic rings. The molecular weight excluding hydrogens is 264 g/mol. The van der Waals surface area contributed by atoms with Gasteiger partial charge in [-0.05, 0) is 54.6 Å². The first-order valence-corrected chi connectivity index (χ1v) is 8.70. The van der Waals surface area contributed by atoms with E-state index in [0.29, 0.717) is 0 Å². The van der Waals surface area contributed by atoms with E-state index in [1.54, 1.807) is 0 Å². The molecule has 1 aliphatic heterocycles. The van der Waals surface area contributed by atoms with Crippen molar-refractivity contribution < 1.29 is 0 Å². The molecule has 0 amide bonds. The fourth-order valence-corrected chi connectivity index (χ4v) is 4.25. The van der Waals surface area contributed by atoms with Crippen LogP contribution in [0.2, 0.25) is 0 Å². The lowest BCUT2D eigenvalue weighted by Gasteiger charge is -2.24. The molecule has 0 bridgehead atoms. The molecule has 1 saturated carbocycles. The van der Waals surface area contributed by atoms with E-state index < -0.39 is 0 Å². The Morgan fingerprint density at radius 3 is 3.00 bits per heavy atom. The molecule has 3 heteroatoms. The number of hydrogen-bond donors (Lipinski definition) is 1. The molecule has 20 heavy (non-hydrogen) atoms. The quantitative estimate of drug-likeness (QED) is 0.903. The number of nitrogens with zero attached hydrogens (tertiary/aromatic N) is 1. The number of likely N-dealkylation sites (tertiary alicyclic amines) is 1. The van der Waals surface area contributed by atoms with Gasteiger partial charge < -0.3 is 5.32 Å². The summed E-state index contributed by atoms with van der Waals surface area (Å²) in [5.74, 6) is 0. The fourth-order valence-electron chi connectivity index (χ4n) is 3.30. The second-order valence-electron chi connectivity index (χ2n) is 6.21. The Labute approximate surface area is 124 Å². The first-order chi connectivity index (χ1) is 9.90. The summed E-state index contributed by atoms with van der Waals surface area (Å²) in [7, 11) is 0. The van der Waals surface area contributed by atoms with Crippen molar-refractivity contribution in [1.82, 2.24) is 10.2 Å². The van der Waals surface area contributed by atoms with Crippen LogP contribution in [0.5, 0.6) is 0 Å². The number of hydrogen-bond acceptors (Lipinski definition) is 3. The predicted molar refractivity (Wildman–Crippen MR) is 86.3 cm³/mol. The Balaban J connectivity index is 1.46. The molecule has 2 fully saturated rings. The van der Waals surface area contributed by atoms with Gasteiger partial charge >= 0.3 is 0 Å². The molecule has 1 aromatic carbocycles. The highest BCUT2D eigenvalue weighted by Crippen LogP contribution is 2.29. The Bertz CT molecular complexity index is 587. The molecule has 2 aromatic rings. The van der Waals surface area contributed by atoms with Gasteiger partial charge in [-0.2, -0.15) is 0 Å². The van der Waals surface area contributed by atoms with Crippen molar-refractivity contribution in [2.75, 3.05) is 13.1 Å². The zero-order chi connectivity index (χ0) is 13.4. The van der Waals surface area contributed by atoms with Gasteiger partial charge in [-0.15, -0.1) is 11.3 Å². The lowest BCUT2D eigenvalue weighted by Crippen LogP contribution is -2.38. The van der Waals surface area contributed by atoms with Crippen LogP contribution in [0.25, 0.3) is 10.1 Å². The van der Waals surface area contributed by atoms with E-state index in [0.717, 1.165) is 18.6 Å². The average Bonchev–Trinajstić information content (AvgIpc) is 3.07. The normalized spacial score (nSPS) is 23.7. The van der Waals surface area contributed by atoms with Crippen molar-refractivity contribution in [3.8, 4) is 0 Å². The molecule has 2 nitrogen and oxygen atoms in total. The van der Waals surface area contributed by atoms with Gasteiger partial charge in [0, 0.05) is 29.9 Å². The highest BCUT2D eigenvalue weighted by molar-refractivity contribution is 7.17. The number of rotatable bonds is 5. The molecule has 1 N–H and O–H groups in total. The molecular formula is C17H22N2S. The fraction of sp³-hybridized carbons (Fsp3) is 0.529. The summed E-state index contributed by atoms with van der Waals surface area (Å²) < 4.78 is 1.43. The third kappa shape index (κ3) is 2.62. The molecule has 0 spiro atoms. The Morgan fingerprint density at radius 1 is 1.20 bits per heavy atom. The maximum Gasteiger partial charge on any atom is 0.0346 e. The highest BCUT2D eigenvalue weighted by atomic mass is 32.1. The standard InChI is InChI=1S/C17H22N2S/c1-2-6-17-16(5-1)13(12-20-17)11-19-9-3-4-15(19)10-18-14-7-8-14/h1-2,5-6,12,14-15,18H,3-4,7-11H2. The molecule has 2 heterocycles. The SMILES string of the molecule is c1ccc2c(CN3CCCC3CNC3CC3)csc2c1. The molecule has 1 aromatic heterocycles. The Hall–Kier alpha value is -0.900. The summed E-state index contributed by atoms with van der Waals surface area (Å²) in [5, 5.41) is 7.52. The minimum absolute atomic E-state index is 0.745. The van der Waals surface area contributed by atoms with E-state index in [1.165, 1.54) is 54.4 Å². The van der Waals surface area contributed by atoms with Gasteiger partial charge in [-0.25, -0.2) is 0 Å². The number of fused-ring (bicyclic) bond motifs is 1. The molecule has 1 aliphatic carbocycles. The molecule has 0 radical (unpaired) electrons. The van der Waals surface area contributed by atoms with Gasteiger partial charge in [-0.3, -0.25) is 4.90 Å². The van der Waals surface area contributed by atoms with E-state index in [1.807, 2.05) is 11.3 Å². The van der Waals surface area contributed by atoms with Crippen molar-refractivity contribution in [1.29, 1.82) is 0 Å². The summed E-state index contributed by atoms with van der Waals surface area (Å²) in [6.45, 7) is 3.58. The second-order valence-corrected chi connectivity index (χ2v) is 7.12. The number of nitrogens with one attached hydrogen (secondary N) is 1. The van der Waals surface area contributed by atoms with Crippen LogP contribution in [0, 0.1) is 0 Å². The van der Waals surface area contributed by atoms with E-state index in [4.69, 9.17) is 0 Å². The summed E-state index contributed by atoms with van der Waals surface area (Å²) >= 11 is 1.88. The van der Waals surface area contributed by atoms with E-state index in [-0.39, 0.29) is 0 Å². The maximum atomic E-state index is 3.71. The predicted octanol–water partition coefficient (Wildman–Crippen LogP) is 3.62. The smallest absolute Gasteiger partial charge is 0.0346 e. The van der Waals surface area contributed by atoms with Gasteiger partial charge in [0.1, 0.15) is 0 Å². The third-order valence-electron chi connectivity index (χ3n) is 4.65. The van der Waals surface area contributed by atoms with E-state index in [9.17, 15) is 0 Å². The number of thiophene rings is 1. The van der Waals surface area contributed by atoms with Crippen LogP contribution in [0.1, 0.15) is 31.2 Å². The van der Waals surface area contributed by atoms with Crippen molar-refractivity contribution in [3.63, 3.8) is 0 Å². The van der Waals surface area contributed by atoms with E-state index in [2.05, 4.69) is 39.9 Å². The lowest BCUT2D eigenvalue weighted by molar-refractivity contribution is 0.240. The summed E-state index contributed by atoms with van der Waals surface area (Å²) in [6.07, 6.45) is 5.50. The average molecular weight is 286 g/mol. The molecule has 1 atom stereocenters. The summed E-state index contributed by atoms with van der Waals surface area (Å²) in [6, 6.07) is 10.4. The number of benzene rings is 1. The van der Waals surface area contributed by atoms with Crippen LogP contribution in [0.3, 0.4) is 0 Å². The first kappa shape index (κ1) is 12.8. The highest BCUT2D eigenvalue weighted by Gasteiger charge is 2.28. The van der Waals surface area contributed by atoms with E-state index >= 15 is 0 Å². The topological polar surface area (TPSA) is 15.3 Å². The lowest BCUT2D eigenvalue weighted by atomic mass is 10.1. The van der Waals surface area contributed by atoms with Crippen LogP contribution in [0.4, 0.5) is 0 Å². The van der Waals surface area contributed by atoms with Crippen molar-refractivity contribution in [3.05, 3.63) is 35.2 Å². The Morgan fingerprint density at radius 2 is 2.10 bits per heavy atom. The van der Waals surface area contributed by atoms with Crippen LogP contribution < -0.4 is 5.32 Å². The molecule has 1 saturated heterocycles. The molecule has 1 unspecified atom stereocenters. The van der Waals surface area contributed by atoms with Crippen molar-refractivity contribution in [2.24, 2.45) is 0 Å². The van der Waals surface area contributed by atoms with Crippen molar-refractivity contribution in [2.45, 2.75) is 44.3 Å². The van der Waals surface area contributed by atoms with Gasteiger partial charge in [-0.1, -0.05) is 18.2 Å². The van der Waals surface area contributed by atoms with Gasteiger partial charge in [0.2, 0.25) is 0 Å². The molecule has 4 rings (SSSR count). The van der Waals surface area contributed by atoms with Gasteiger partial charge in [0.05, 0.1) is 0 Å². The molecule has 106 valence electrons. The second kappa shape index (κ2) is 5.47. The Kier molecular flexibility index (Phi) is 3.51. The zero-order valence-electron chi connectivity index (χ0n) is 11.8. The summed E-state index contributed by atoms with van der Waals surface area (Å²) in [4.78, 5) is 2.68. The first-order valence-electron chi connectivity index (χ1n) is 7.83. The third-order valence-corrected chi connectivity index (χ3v) is 5.67. The van der Waals surface area contributed by atoms with Gasteiger partial charge in [0.15, 0.2) is 0 Å². The van der Waals surface area contributed by atoms with Crippen LogP contribution >= 0.6 is 11.3 Å².